The molecule has 0 bridgehead atoms. The number of hydrogen-bond acceptors (Lipinski definition) is 2. The van der Waals surface area contributed by atoms with Crippen molar-refractivity contribution in [2.75, 3.05) is 13.1 Å². The second kappa shape index (κ2) is 7.29. The van der Waals surface area contributed by atoms with E-state index in [1.54, 1.807) is 0 Å². The van der Waals surface area contributed by atoms with Gasteiger partial charge in [-0.25, -0.2) is 0 Å². The van der Waals surface area contributed by atoms with Crippen molar-refractivity contribution in [3.63, 3.8) is 0 Å². The smallest absolute Gasteiger partial charge is 0.119 e. The molecule has 1 atom stereocenters. The van der Waals surface area contributed by atoms with E-state index in [9.17, 15) is 5.11 Å². The SMILES string of the molecule is CCCN(C/C=C/[125I])C1CCc2cccc(O)c2C1. The molecule has 0 heterocycles. The van der Waals surface area contributed by atoms with Crippen LogP contribution in [0.1, 0.15) is 30.9 Å². The van der Waals surface area contributed by atoms with Crippen molar-refractivity contribution in [2.24, 2.45) is 0 Å². The van der Waals surface area contributed by atoms with Crippen molar-refractivity contribution in [1.29, 1.82) is 0 Å². The lowest BCUT2D eigenvalue weighted by Crippen LogP contribution is -2.40. The maximum atomic E-state index is 10.0. The Morgan fingerprint density at radius 1 is 1.47 bits per heavy atom. The summed E-state index contributed by atoms with van der Waals surface area (Å²) in [7, 11) is 0. The third-order valence-corrected chi connectivity index (χ3v) is 4.40. The predicted octanol–water partition coefficient (Wildman–Crippen LogP) is 3.91. The van der Waals surface area contributed by atoms with Crippen molar-refractivity contribution in [3.05, 3.63) is 39.5 Å². The van der Waals surface area contributed by atoms with E-state index in [0.29, 0.717) is 11.8 Å². The summed E-state index contributed by atoms with van der Waals surface area (Å²) in [6.45, 7) is 4.38. The van der Waals surface area contributed by atoms with E-state index in [1.807, 2.05) is 12.1 Å². The van der Waals surface area contributed by atoms with Crippen LogP contribution in [0.5, 0.6) is 5.75 Å². The summed E-state index contributed by atoms with van der Waals surface area (Å²) in [5.41, 5.74) is 2.50. The summed E-state index contributed by atoms with van der Waals surface area (Å²) in [6.07, 6.45) is 6.67. The van der Waals surface area contributed by atoms with E-state index in [-0.39, 0.29) is 0 Å². The van der Waals surface area contributed by atoms with E-state index in [4.69, 9.17) is 0 Å². The molecule has 0 amide bonds. The largest absolute Gasteiger partial charge is 0.508 e. The minimum atomic E-state index is 0.475. The molecule has 104 valence electrons. The Hall–Kier alpha value is -0.550. The number of rotatable bonds is 5. The molecule has 1 aliphatic rings. The third-order valence-electron chi connectivity index (χ3n) is 3.89. The highest BCUT2D eigenvalue weighted by molar-refractivity contribution is 14.1. The number of nitrogens with zero attached hydrogens (tertiary/aromatic N) is 1. The lowest BCUT2D eigenvalue weighted by molar-refractivity contribution is 0.198. The summed E-state index contributed by atoms with van der Waals surface area (Å²) in [4.78, 5) is 2.55. The fourth-order valence-corrected chi connectivity index (χ4v) is 3.18. The summed E-state index contributed by atoms with van der Waals surface area (Å²) in [5.74, 6) is 0.475. The van der Waals surface area contributed by atoms with Crippen LogP contribution in [0.3, 0.4) is 0 Å². The van der Waals surface area contributed by atoms with E-state index in [1.165, 1.54) is 24.0 Å². The molecule has 0 spiro atoms. The molecule has 1 unspecified atom stereocenters. The highest BCUT2D eigenvalue weighted by atomic mass is 125. The van der Waals surface area contributed by atoms with Crippen molar-refractivity contribution < 1.29 is 5.11 Å². The zero-order valence-electron chi connectivity index (χ0n) is 11.5. The van der Waals surface area contributed by atoms with Crippen molar-refractivity contribution in [1.82, 2.24) is 4.90 Å². The first-order chi connectivity index (χ1) is 9.26. The molecule has 0 aliphatic heterocycles. The van der Waals surface area contributed by atoms with E-state index in [2.05, 4.69) is 50.6 Å². The average molecular weight is 369 g/mol. The van der Waals surface area contributed by atoms with Crippen LogP contribution in [-0.2, 0) is 12.8 Å². The Morgan fingerprint density at radius 3 is 3.05 bits per heavy atom. The van der Waals surface area contributed by atoms with Gasteiger partial charge in [0.25, 0.3) is 0 Å². The van der Waals surface area contributed by atoms with Gasteiger partial charge in [0.2, 0.25) is 0 Å². The molecular formula is C16H22INO. The van der Waals surface area contributed by atoms with Crippen LogP contribution in [0.2, 0.25) is 0 Å². The monoisotopic (exact) mass is 369 g/mol. The number of hydrogen-bond donors (Lipinski definition) is 1. The first-order valence-electron chi connectivity index (χ1n) is 7.05. The quantitative estimate of drug-likeness (QED) is 0.796. The number of aromatic hydroxyl groups is 1. The zero-order chi connectivity index (χ0) is 13.7. The van der Waals surface area contributed by atoms with E-state index < -0.39 is 0 Å². The van der Waals surface area contributed by atoms with Gasteiger partial charge in [-0.2, -0.15) is 0 Å². The summed E-state index contributed by atoms with van der Waals surface area (Å²) in [5, 5.41) is 10.0. The van der Waals surface area contributed by atoms with Crippen LogP contribution in [-0.4, -0.2) is 29.1 Å². The molecule has 1 aromatic carbocycles. The van der Waals surface area contributed by atoms with Crippen LogP contribution in [0.15, 0.2) is 28.4 Å². The van der Waals surface area contributed by atoms with Gasteiger partial charge in [0.1, 0.15) is 5.75 Å². The number of aryl methyl sites for hydroxylation is 1. The van der Waals surface area contributed by atoms with Gasteiger partial charge in [0.15, 0.2) is 0 Å². The third kappa shape index (κ3) is 3.72. The van der Waals surface area contributed by atoms with Gasteiger partial charge in [-0.3, -0.25) is 4.90 Å². The van der Waals surface area contributed by atoms with Gasteiger partial charge in [0, 0.05) is 12.6 Å². The Morgan fingerprint density at radius 2 is 2.32 bits per heavy atom. The van der Waals surface area contributed by atoms with Crippen molar-refractivity contribution in [2.45, 2.75) is 38.6 Å². The molecule has 2 rings (SSSR count). The molecule has 1 aromatic rings. The second-order valence-corrected chi connectivity index (χ2v) is 5.89. The molecule has 3 heteroatoms. The maximum absolute atomic E-state index is 10.0. The number of phenols is 1. The summed E-state index contributed by atoms with van der Waals surface area (Å²) in [6, 6.07) is 6.49. The van der Waals surface area contributed by atoms with Crippen LogP contribution < -0.4 is 0 Å². The second-order valence-electron chi connectivity index (χ2n) is 5.17. The molecule has 0 saturated carbocycles. The summed E-state index contributed by atoms with van der Waals surface area (Å²) < 4.78 is 2.09. The fourth-order valence-electron chi connectivity index (χ4n) is 2.95. The standard InChI is InChI=1S/C16H22INO/c1-2-10-18(11-4-9-17)14-8-7-13-5-3-6-16(19)15(13)12-14/h3-6,9,14,19H,2,7-8,10-12H2,1H3/b9-4+/i17-2. The van der Waals surface area contributed by atoms with Crippen molar-refractivity contribution in [3.8, 4) is 5.75 Å². The molecule has 0 radical (unpaired) electrons. The van der Waals surface area contributed by atoms with E-state index >= 15 is 0 Å². The number of phenolic OH excluding ortho intramolecular Hbond substituents is 1. The molecule has 1 N–H and O–H groups in total. The van der Waals surface area contributed by atoms with Gasteiger partial charge in [-0.1, -0.05) is 47.7 Å². The molecule has 0 aromatic heterocycles. The lowest BCUT2D eigenvalue weighted by atomic mass is 9.86. The predicted molar refractivity (Wildman–Crippen MR) is 88.9 cm³/mol. The molecule has 19 heavy (non-hydrogen) atoms. The van der Waals surface area contributed by atoms with Crippen LogP contribution in [0.25, 0.3) is 0 Å². The molecule has 0 fully saturated rings. The van der Waals surface area contributed by atoms with Gasteiger partial charge in [0.05, 0.1) is 0 Å². The Labute approximate surface area is 129 Å². The molecule has 0 saturated heterocycles. The lowest BCUT2D eigenvalue weighted by Gasteiger charge is -2.34. The van der Waals surface area contributed by atoms with Gasteiger partial charge < -0.3 is 5.11 Å². The van der Waals surface area contributed by atoms with E-state index in [0.717, 1.165) is 25.9 Å². The van der Waals surface area contributed by atoms with Gasteiger partial charge >= 0.3 is 0 Å². The highest BCUT2D eigenvalue weighted by Gasteiger charge is 2.24. The van der Waals surface area contributed by atoms with Crippen molar-refractivity contribution >= 4 is 22.6 Å². The first-order valence-corrected chi connectivity index (χ1v) is 8.29. The van der Waals surface area contributed by atoms with Gasteiger partial charge in [-0.05, 0) is 53.5 Å². The fraction of sp³-hybridized carbons (Fsp3) is 0.500. The minimum absolute atomic E-state index is 0.475. The average Bonchev–Trinajstić information content (AvgIpc) is 2.44. The number of benzene rings is 1. The van der Waals surface area contributed by atoms with Gasteiger partial charge in [-0.15, -0.1) is 0 Å². The van der Waals surface area contributed by atoms with Crippen LogP contribution in [0.4, 0.5) is 0 Å². The highest BCUT2D eigenvalue weighted by Crippen LogP contribution is 2.30. The zero-order valence-corrected chi connectivity index (χ0v) is 13.6. The normalized spacial score (nSPS) is 19.0. The maximum Gasteiger partial charge on any atom is 0.119 e. The molecule has 2 nitrogen and oxygen atoms in total. The summed E-state index contributed by atoms with van der Waals surface area (Å²) >= 11 is 2.28. The Balaban J connectivity index is 2.12. The molecule has 1 aliphatic carbocycles. The number of fused-ring (bicyclic) bond motifs is 1. The van der Waals surface area contributed by atoms with Crippen LogP contribution in [0, 0.1) is 0 Å². The van der Waals surface area contributed by atoms with Crippen LogP contribution >= 0.6 is 22.6 Å². The number of halogens is 1. The first kappa shape index (κ1) is 14.9. The molecular weight excluding hydrogens is 347 g/mol. The topological polar surface area (TPSA) is 23.5 Å². The Kier molecular flexibility index (Phi) is 5.70. The minimum Gasteiger partial charge on any atom is -0.508 e. The Bertz CT molecular complexity index is 444.